The number of benzene rings is 1. The number of primary amides is 1. The van der Waals surface area contributed by atoms with Crippen LogP contribution < -0.4 is 15.8 Å². The van der Waals surface area contributed by atoms with Crippen molar-refractivity contribution in [3.63, 3.8) is 0 Å². The lowest BCUT2D eigenvalue weighted by Crippen LogP contribution is -2.28. The Morgan fingerprint density at radius 2 is 1.92 bits per heavy atom. The van der Waals surface area contributed by atoms with Gasteiger partial charge in [0.25, 0.3) is 11.8 Å². The normalized spacial score (nSPS) is 11.6. The molecule has 0 saturated heterocycles. The van der Waals surface area contributed by atoms with E-state index in [4.69, 9.17) is 10.5 Å². The topological polar surface area (TPSA) is 94.3 Å². The molecule has 1 aromatic carbocycles. The number of pyridine rings is 1. The van der Waals surface area contributed by atoms with Gasteiger partial charge < -0.3 is 15.8 Å². The molecule has 0 aliphatic carbocycles. The standard InChI is InChI=1S/C18H21N3O3/c1-3-15(16-6-4-5-12(2)20-16)21-18(23)13-7-9-14(10-8-13)24-11-17(19)22/h4-10,15H,3,11H2,1-2H3,(H2,19,22)(H,21,23). The fourth-order valence-electron chi connectivity index (χ4n) is 2.24. The summed E-state index contributed by atoms with van der Waals surface area (Å²) in [4.78, 5) is 27.6. The minimum absolute atomic E-state index is 0.150. The number of hydrogen-bond acceptors (Lipinski definition) is 4. The summed E-state index contributed by atoms with van der Waals surface area (Å²) in [5.41, 5.74) is 7.28. The monoisotopic (exact) mass is 327 g/mol. The third-order valence-corrected chi connectivity index (χ3v) is 3.48. The number of nitrogens with zero attached hydrogens (tertiary/aromatic N) is 1. The van der Waals surface area contributed by atoms with Crippen molar-refractivity contribution in [2.45, 2.75) is 26.3 Å². The molecule has 1 atom stereocenters. The average molecular weight is 327 g/mol. The smallest absolute Gasteiger partial charge is 0.255 e. The van der Waals surface area contributed by atoms with Gasteiger partial charge in [0.15, 0.2) is 6.61 Å². The first-order valence-electron chi connectivity index (χ1n) is 7.75. The fourth-order valence-corrected chi connectivity index (χ4v) is 2.24. The first-order chi connectivity index (χ1) is 11.5. The van der Waals surface area contributed by atoms with Crippen LogP contribution in [0.25, 0.3) is 0 Å². The molecule has 0 radical (unpaired) electrons. The second kappa shape index (κ2) is 8.10. The summed E-state index contributed by atoms with van der Waals surface area (Å²) >= 11 is 0. The average Bonchev–Trinajstić information content (AvgIpc) is 2.58. The maximum atomic E-state index is 12.4. The Kier molecular flexibility index (Phi) is 5.89. The highest BCUT2D eigenvalue weighted by molar-refractivity contribution is 5.94. The van der Waals surface area contributed by atoms with E-state index in [-0.39, 0.29) is 18.6 Å². The van der Waals surface area contributed by atoms with E-state index in [2.05, 4.69) is 10.3 Å². The van der Waals surface area contributed by atoms with E-state index in [0.717, 1.165) is 17.8 Å². The number of aryl methyl sites for hydroxylation is 1. The summed E-state index contributed by atoms with van der Waals surface area (Å²) in [6, 6.07) is 12.1. The van der Waals surface area contributed by atoms with E-state index in [1.165, 1.54) is 0 Å². The molecule has 0 fully saturated rings. The number of carbonyl (C=O) groups excluding carboxylic acids is 2. The predicted molar refractivity (Wildman–Crippen MR) is 90.6 cm³/mol. The van der Waals surface area contributed by atoms with Gasteiger partial charge in [0.05, 0.1) is 11.7 Å². The Balaban J connectivity index is 2.03. The van der Waals surface area contributed by atoms with Crippen molar-refractivity contribution < 1.29 is 14.3 Å². The molecule has 2 rings (SSSR count). The van der Waals surface area contributed by atoms with Gasteiger partial charge in [-0.05, 0) is 49.7 Å². The molecule has 0 aliphatic rings. The summed E-state index contributed by atoms with van der Waals surface area (Å²) in [7, 11) is 0. The molecule has 0 aliphatic heterocycles. The first-order valence-corrected chi connectivity index (χ1v) is 7.75. The van der Waals surface area contributed by atoms with E-state index in [0.29, 0.717) is 11.3 Å². The Morgan fingerprint density at radius 1 is 1.21 bits per heavy atom. The van der Waals surface area contributed by atoms with Crippen LogP contribution in [0.1, 0.15) is 41.1 Å². The lowest BCUT2D eigenvalue weighted by molar-refractivity contribution is -0.119. The van der Waals surface area contributed by atoms with E-state index in [9.17, 15) is 9.59 Å². The molecule has 0 bridgehead atoms. The Morgan fingerprint density at radius 3 is 2.50 bits per heavy atom. The van der Waals surface area contributed by atoms with Gasteiger partial charge >= 0.3 is 0 Å². The van der Waals surface area contributed by atoms with E-state index < -0.39 is 5.91 Å². The highest BCUT2D eigenvalue weighted by Crippen LogP contribution is 2.17. The largest absolute Gasteiger partial charge is 0.484 e. The van der Waals surface area contributed by atoms with Gasteiger partial charge in [-0.25, -0.2) is 0 Å². The molecule has 0 spiro atoms. The van der Waals surface area contributed by atoms with Crippen molar-refractivity contribution in [3.05, 3.63) is 59.4 Å². The molecule has 3 N–H and O–H groups in total. The summed E-state index contributed by atoms with van der Waals surface area (Å²) in [5.74, 6) is -0.252. The van der Waals surface area contributed by atoms with Gasteiger partial charge in [0.2, 0.25) is 0 Å². The second-order valence-electron chi connectivity index (χ2n) is 5.42. The zero-order valence-electron chi connectivity index (χ0n) is 13.8. The fraction of sp³-hybridized carbons (Fsp3) is 0.278. The second-order valence-corrected chi connectivity index (χ2v) is 5.42. The molecule has 1 heterocycles. The molecule has 1 unspecified atom stereocenters. The maximum absolute atomic E-state index is 12.4. The summed E-state index contributed by atoms with van der Waals surface area (Å²) in [6.07, 6.45) is 0.738. The lowest BCUT2D eigenvalue weighted by atomic mass is 10.1. The van der Waals surface area contributed by atoms with Crippen molar-refractivity contribution in [2.24, 2.45) is 5.73 Å². The summed E-state index contributed by atoms with van der Waals surface area (Å²) < 4.78 is 5.17. The van der Waals surface area contributed by atoms with Crippen LogP contribution in [0.3, 0.4) is 0 Å². The van der Waals surface area contributed by atoms with Gasteiger partial charge in [-0.3, -0.25) is 14.6 Å². The van der Waals surface area contributed by atoms with Crippen LogP contribution in [0.4, 0.5) is 0 Å². The van der Waals surface area contributed by atoms with E-state index in [1.807, 2.05) is 32.0 Å². The van der Waals surface area contributed by atoms with Crippen LogP contribution in [0, 0.1) is 6.92 Å². The Bertz CT molecular complexity index is 714. The number of carbonyl (C=O) groups is 2. The molecule has 0 saturated carbocycles. The van der Waals surface area contributed by atoms with Crippen molar-refractivity contribution >= 4 is 11.8 Å². The van der Waals surface area contributed by atoms with Gasteiger partial charge in [-0.1, -0.05) is 13.0 Å². The highest BCUT2D eigenvalue weighted by atomic mass is 16.5. The van der Waals surface area contributed by atoms with Crippen LogP contribution in [0.2, 0.25) is 0 Å². The van der Waals surface area contributed by atoms with Crippen LogP contribution in [0.15, 0.2) is 42.5 Å². The van der Waals surface area contributed by atoms with Crippen LogP contribution in [-0.4, -0.2) is 23.4 Å². The number of hydrogen-bond donors (Lipinski definition) is 2. The van der Waals surface area contributed by atoms with Crippen LogP contribution in [-0.2, 0) is 4.79 Å². The Hall–Kier alpha value is -2.89. The van der Waals surface area contributed by atoms with Crippen molar-refractivity contribution in [2.75, 3.05) is 6.61 Å². The SMILES string of the molecule is CCC(NC(=O)c1ccc(OCC(N)=O)cc1)c1cccc(C)n1. The molecular weight excluding hydrogens is 306 g/mol. The number of amides is 2. The van der Waals surface area contributed by atoms with Crippen LogP contribution in [0.5, 0.6) is 5.75 Å². The number of ether oxygens (including phenoxy) is 1. The molecule has 6 nitrogen and oxygen atoms in total. The first kappa shape index (κ1) is 17.5. The third kappa shape index (κ3) is 4.81. The zero-order chi connectivity index (χ0) is 17.5. The molecular formula is C18H21N3O3. The minimum atomic E-state index is -0.548. The molecule has 126 valence electrons. The van der Waals surface area contributed by atoms with E-state index >= 15 is 0 Å². The molecule has 24 heavy (non-hydrogen) atoms. The molecule has 6 heteroatoms. The van der Waals surface area contributed by atoms with Gasteiger partial charge in [-0.2, -0.15) is 0 Å². The number of nitrogens with two attached hydrogens (primary N) is 1. The minimum Gasteiger partial charge on any atom is -0.484 e. The van der Waals surface area contributed by atoms with Gasteiger partial charge in [0.1, 0.15) is 5.75 Å². The highest BCUT2D eigenvalue weighted by Gasteiger charge is 2.15. The summed E-state index contributed by atoms with van der Waals surface area (Å²) in [5, 5.41) is 2.98. The maximum Gasteiger partial charge on any atom is 0.255 e. The van der Waals surface area contributed by atoms with Gasteiger partial charge in [0, 0.05) is 11.3 Å². The third-order valence-electron chi connectivity index (χ3n) is 3.48. The molecule has 2 amide bonds. The van der Waals surface area contributed by atoms with E-state index in [1.54, 1.807) is 24.3 Å². The summed E-state index contributed by atoms with van der Waals surface area (Å²) in [6.45, 7) is 3.72. The zero-order valence-corrected chi connectivity index (χ0v) is 13.8. The number of aromatic nitrogens is 1. The van der Waals surface area contributed by atoms with Crippen molar-refractivity contribution in [1.82, 2.24) is 10.3 Å². The van der Waals surface area contributed by atoms with Crippen LogP contribution >= 0.6 is 0 Å². The quantitative estimate of drug-likeness (QED) is 0.814. The predicted octanol–water partition coefficient (Wildman–Crippen LogP) is 2.14. The Labute approximate surface area is 141 Å². The van der Waals surface area contributed by atoms with Crippen molar-refractivity contribution in [3.8, 4) is 5.75 Å². The molecule has 2 aromatic rings. The molecule has 1 aromatic heterocycles. The lowest BCUT2D eigenvalue weighted by Gasteiger charge is -2.17. The number of rotatable bonds is 7. The van der Waals surface area contributed by atoms with Crippen molar-refractivity contribution in [1.29, 1.82) is 0 Å². The number of nitrogens with one attached hydrogen (secondary N) is 1. The van der Waals surface area contributed by atoms with Gasteiger partial charge in [-0.15, -0.1) is 0 Å².